The molecule has 0 spiro atoms. The lowest BCUT2D eigenvalue weighted by Gasteiger charge is -2.18. The van der Waals surface area contributed by atoms with Gasteiger partial charge in [0, 0.05) is 19.3 Å². The molecule has 1 unspecified atom stereocenters. The molecule has 0 rings (SSSR count). The predicted octanol–water partition coefficient (Wildman–Crippen LogP) is 15.6. The summed E-state index contributed by atoms with van der Waals surface area (Å²) >= 11 is 0. The van der Waals surface area contributed by atoms with Gasteiger partial charge in [0.2, 0.25) is 0 Å². The molecule has 0 saturated heterocycles. The highest BCUT2D eigenvalue weighted by atomic mass is 16.6. The largest absolute Gasteiger partial charge is 0.462 e. The molecule has 336 valence electrons. The van der Waals surface area contributed by atoms with Crippen molar-refractivity contribution < 1.29 is 28.6 Å². The standard InChI is InChI=1S/C53H88O6/c1-4-7-10-13-16-19-22-23-24-25-26-27-28-29-32-34-37-40-43-46-52(55)58-49-50(59-53(56)47-44-41-38-35-31-21-18-15-12-9-6-3)48-57-51(54)45-42-39-36-33-30-20-17-14-11-8-5-2/h8-9,11-12,17-18,20-21,25-26,33,35-36,38,50H,4-7,10,13-16,19,22-24,27-32,34,37,39-49H2,1-3H3/b11-8-,12-9-,20-17-,21-18-,26-25-,36-33-,38-35-. The van der Waals surface area contributed by atoms with Gasteiger partial charge in [0.25, 0.3) is 0 Å². The highest BCUT2D eigenvalue weighted by Gasteiger charge is 2.19. The van der Waals surface area contributed by atoms with E-state index in [2.05, 4.69) is 106 Å². The topological polar surface area (TPSA) is 78.9 Å². The van der Waals surface area contributed by atoms with Gasteiger partial charge in [-0.2, -0.15) is 0 Å². The van der Waals surface area contributed by atoms with Gasteiger partial charge in [-0.25, -0.2) is 0 Å². The molecule has 0 fully saturated rings. The van der Waals surface area contributed by atoms with Crippen LogP contribution in [0.5, 0.6) is 0 Å². The van der Waals surface area contributed by atoms with Crippen LogP contribution in [0.1, 0.15) is 213 Å². The monoisotopic (exact) mass is 821 g/mol. The van der Waals surface area contributed by atoms with Crippen molar-refractivity contribution in [3.63, 3.8) is 0 Å². The summed E-state index contributed by atoms with van der Waals surface area (Å²) in [6.45, 7) is 6.29. The number of hydrogen-bond donors (Lipinski definition) is 0. The quantitative estimate of drug-likeness (QED) is 0.0264. The van der Waals surface area contributed by atoms with Crippen LogP contribution in [0, 0.1) is 0 Å². The summed E-state index contributed by atoms with van der Waals surface area (Å²) in [7, 11) is 0. The zero-order valence-corrected chi connectivity index (χ0v) is 38.2. The van der Waals surface area contributed by atoms with Crippen molar-refractivity contribution in [2.45, 2.75) is 219 Å². The van der Waals surface area contributed by atoms with Crippen LogP contribution < -0.4 is 0 Å². The molecule has 0 heterocycles. The van der Waals surface area contributed by atoms with Gasteiger partial charge in [0.05, 0.1) is 0 Å². The summed E-state index contributed by atoms with van der Waals surface area (Å²) in [5, 5.41) is 0. The van der Waals surface area contributed by atoms with Crippen LogP contribution >= 0.6 is 0 Å². The van der Waals surface area contributed by atoms with Crippen molar-refractivity contribution in [3.05, 3.63) is 85.1 Å². The molecule has 1 atom stereocenters. The Balaban J connectivity index is 4.40. The Morgan fingerprint density at radius 2 is 0.678 bits per heavy atom. The lowest BCUT2D eigenvalue weighted by Crippen LogP contribution is -2.30. The summed E-state index contributed by atoms with van der Waals surface area (Å²) in [6.07, 6.45) is 60.2. The maximum absolute atomic E-state index is 12.7. The molecule has 0 aromatic carbocycles. The molecule has 0 aromatic rings. The second kappa shape index (κ2) is 47.3. The van der Waals surface area contributed by atoms with Gasteiger partial charge in [0.1, 0.15) is 13.2 Å². The molecular formula is C53H88O6. The molecule has 0 aliphatic carbocycles. The fraction of sp³-hybridized carbons (Fsp3) is 0.679. The van der Waals surface area contributed by atoms with Gasteiger partial charge in [0.15, 0.2) is 6.10 Å². The van der Waals surface area contributed by atoms with Crippen molar-refractivity contribution in [2.75, 3.05) is 13.2 Å². The molecular weight excluding hydrogens is 733 g/mol. The van der Waals surface area contributed by atoms with Gasteiger partial charge in [-0.1, -0.05) is 183 Å². The van der Waals surface area contributed by atoms with Gasteiger partial charge in [-0.3, -0.25) is 14.4 Å². The Bertz CT molecular complexity index is 1170. The first-order chi connectivity index (χ1) is 29.0. The van der Waals surface area contributed by atoms with Crippen LogP contribution in [0.15, 0.2) is 85.1 Å². The predicted molar refractivity (Wildman–Crippen MR) is 251 cm³/mol. The number of esters is 3. The Labute approximate surface area is 363 Å². The molecule has 0 aromatic heterocycles. The second-order valence-corrected chi connectivity index (χ2v) is 15.6. The van der Waals surface area contributed by atoms with E-state index in [-0.39, 0.29) is 44.0 Å². The Hall–Kier alpha value is -3.41. The van der Waals surface area contributed by atoms with E-state index in [1.807, 2.05) is 0 Å². The highest BCUT2D eigenvalue weighted by molar-refractivity contribution is 5.71. The minimum atomic E-state index is -0.823. The third kappa shape index (κ3) is 45.5. The first-order valence-corrected chi connectivity index (χ1v) is 24.1. The van der Waals surface area contributed by atoms with Crippen LogP contribution in [0.3, 0.4) is 0 Å². The summed E-state index contributed by atoms with van der Waals surface area (Å²) in [6, 6.07) is 0. The Kier molecular flexibility index (Phi) is 44.5. The number of carbonyl (C=O) groups excluding carboxylic acids is 3. The molecule has 6 heteroatoms. The van der Waals surface area contributed by atoms with Crippen LogP contribution in [-0.4, -0.2) is 37.2 Å². The van der Waals surface area contributed by atoms with E-state index in [1.165, 1.54) is 89.9 Å². The van der Waals surface area contributed by atoms with E-state index in [4.69, 9.17) is 14.2 Å². The number of hydrogen-bond acceptors (Lipinski definition) is 6. The second-order valence-electron chi connectivity index (χ2n) is 15.6. The average molecular weight is 821 g/mol. The van der Waals surface area contributed by atoms with Crippen LogP contribution in [-0.2, 0) is 28.6 Å². The molecule has 0 aliphatic rings. The van der Waals surface area contributed by atoms with E-state index in [1.54, 1.807) is 0 Å². The molecule has 0 bridgehead atoms. The first kappa shape index (κ1) is 55.6. The first-order valence-electron chi connectivity index (χ1n) is 24.1. The Morgan fingerprint density at radius 3 is 1.12 bits per heavy atom. The Morgan fingerprint density at radius 1 is 0.356 bits per heavy atom. The molecule has 0 saturated carbocycles. The van der Waals surface area contributed by atoms with E-state index >= 15 is 0 Å². The third-order valence-electron chi connectivity index (χ3n) is 9.86. The van der Waals surface area contributed by atoms with Gasteiger partial charge in [-0.15, -0.1) is 0 Å². The van der Waals surface area contributed by atoms with E-state index in [9.17, 15) is 14.4 Å². The molecule has 6 nitrogen and oxygen atoms in total. The van der Waals surface area contributed by atoms with Gasteiger partial charge in [-0.05, 0) is 96.3 Å². The molecule has 0 amide bonds. The van der Waals surface area contributed by atoms with Crippen LogP contribution in [0.4, 0.5) is 0 Å². The molecule has 0 N–H and O–H groups in total. The lowest BCUT2D eigenvalue weighted by molar-refractivity contribution is -0.167. The summed E-state index contributed by atoms with van der Waals surface area (Å²) in [5.74, 6) is -1.04. The van der Waals surface area contributed by atoms with Crippen molar-refractivity contribution in [3.8, 4) is 0 Å². The number of ether oxygens (including phenoxy) is 3. The maximum atomic E-state index is 12.7. The molecule has 59 heavy (non-hydrogen) atoms. The van der Waals surface area contributed by atoms with Crippen molar-refractivity contribution in [1.82, 2.24) is 0 Å². The SMILES string of the molecule is CC/C=C\C/C=C\C/C=C\CCCC(=O)OCC(COC(=O)CCCCCCCCC/C=C\CCCCCCCCCC)OC(=O)CCC/C=C\C/C=C\C/C=C\CC. The third-order valence-corrected chi connectivity index (χ3v) is 9.86. The van der Waals surface area contributed by atoms with E-state index < -0.39 is 6.10 Å². The molecule has 0 radical (unpaired) electrons. The lowest BCUT2D eigenvalue weighted by atomic mass is 10.1. The van der Waals surface area contributed by atoms with E-state index in [0.29, 0.717) is 19.3 Å². The normalized spacial score (nSPS) is 12.8. The van der Waals surface area contributed by atoms with Crippen LogP contribution in [0.25, 0.3) is 0 Å². The number of carbonyl (C=O) groups is 3. The zero-order chi connectivity index (χ0) is 43.0. The van der Waals surface area contributed by atoms with E-state index in [0.717, 1.165) is 70.6 Å². The summed E-state index contributed by atoms with van der Waals surface area (Å²) in [5.41, 5.74) is 0. The smallest absolute Gasteiger partial charge is 0.306 e. The fourth-order valence-corrected chi connectivity index (χ4v) is 6.31. The fourth-order valence-electron chi connectivity index (χ4n) is 6.31. The van der Waals surface area contributed by atoms with Gasteiger partial charge >= 0.3 is 17.9 Å². The van der Waals surface area contributed by atoms with Crippen LogP contribution in [0.2, 0.25) is 0 Å². The maximum Gasteiger partial charge on any atom is 0.306 e. The van der Waals surface area contributed by atoms with Crippen molar-refractivity contribution in [2.24, 2.45) is 0 Å². The minimum Gasteiger partial charge on any atom is -0.462 e. The average Bonchev–Trinajstić information content (AvgIpc) is 3.23. The zero-order valence-electron chi connectivity index (χ0n) is 38.2. The molecule has 0 aliphatic heterocycles. The minimum absolute atomic E-state index is 0.115. The number of allylic oxidation sites excluding steroid dienone is 14. The van der Waals surface area contributed by atoms with Crippen molar-refractivity contribution in [1.29, 1.82) is 0 Å². The summed E-state index contributed by atoms with van der Waals surface area (Å²) in [4.78, 5) is 37.7. The summed E-state index contributed by atoms with van der Waals surface area (Å²) < 4.78 is 16.6. The van der Waals surface area contributed by atoms with Gasteiger partial charge < -0.3 is 14.2 Å². The number of unbranched alkanes of at least 4 members (excludes halogenated alkanes) is 17. The number of rotatable bonds is 42. The highest BCUT2D eigenvalue weighted by Crippen LogP contribution is 2.13. The van der Waals surface area contributed by atoms with Crippen molar-refractivity contribution >= 4 is 17.9 Å².